The van der Waals surface area contributed by atoms with Crippen molar-refractivity contribution >= 4 is 39.2 Å². The Morgan fingerprint density at radius 2 is 1.72 bits per heavy atom. The summed E-state index contributed by atoms with van der Waals surface area (Å²) in [4.78, 5) is 34.5. The second-order valence-corrected chi connectivity index (χ2v) is 9.32. The second kappa shape index (κ2) is 9.28. The van der Waals surface area contributed by atoms with Gasteiger partial charge in [-0.15, -0.1) is 11.3 Å². The van der Waals surface area contributed by atoms with Crippen LogP contribution in [-0.4, -0.2) is 52.4 Å². The first-order chi connectivity index (χ1) is 15.7. The lowest BCUT2D eigenvalue weighted by Crippen LogP contribution is -2.41. The number of carbonyl (C=O) groups excluding carboxylic acids is 1. The summed E-state index contributed by atoms with van der Waals surface area (Å²) in [6, 6.07) is 21.4. The van der Waals surface area contributed by atoms with Crippen molar-refractivity contribution < 1.29 is 9.53 Å². The Hall–Kier alpha value is -2.94. The van der Waals surface area contributed by atoms with Crippen LogP contribution >= 0.6 is 23.1 Å². The number of carbonyl (C=O) groups is 1. The van der Waals surface area contributed by atoms with E-state index < -0.39 is 0 Å². The normalized spacial score (nSPS) is 14.1. The summed E-state index contributed by atoms with van der Waals surface area (Å²) >= 11 is 2.80. The maximum Gasteiger partial charge on any atom is 0.267 e. The molecule has 32 heavy (non-hydrogen) atoms. The van der Waals surface area contributed by atoms with E-state index in [1.807, 2.05) is 66.7 Å². The zero-order valence-electron chi connectivity index (χ0n) is 17.3. The highest BCUT2D eigenvalue weighted by molar-refractivity contribution is 7.99. The number of para-hydroxylation sites is 1. The van der Waals surface area contributed by atoms with Gasteiger partial charge in [-0.2, -0.15) is 0 Å². The lowest BCUT2D eigenvalue weighted by atomic mass is 10.2. The van der Waals surface area contributed by atoms with Crippen LogP contribution in [0, 0.1) is 0 Å². The highest BCUT2D eigenvalue weighted by Crippen LogP contribution is 2.32. The Morgan fingerprint density at radius 3 is 2.44 bits per heavy atom. The Bertz CT molecular complexity index is 1300. The third kappa shape index (κ3) is 4.21. The zero-order chi connectivity index (χ0) is 21.9. The van der Waals surface area contributed by atoms with Crippen molar-refractivity contribution in [3.8, 4) is 16.1 Å². The summed E-state index contributed by atoms with van der Waals surface area (Å²) < 4.78 is 6.95. The predicted molar refractivity (Wildman–Crippen MR) is 129 cm³/mol. The van der Waals surface area contributed by atoms with E-state index in [2.05, 4.69) is 0 Å². The van der Waals surface area contributed by atoms with Crippen molar-refractivity contribution in [3.63, 3.8) is 0 Å². The third-order valence-corrected chi connectivity index (χ3v) is 7.30. The average Bonchev–Trinajstić information content (AvgIpc) is 3.29. The Labute approximate surface area is 193 Å². The molecule has 0 aliphatic carbocycles. The lowest BCUT2D eigenvalue weighted by Gasteiger charge is -2.26. The maximum atomic E-state index is 13.5. The predicted octanol–water partition coefficient (Wildman–Crippen LogP) is 4.07. The van der Waals surface area contributed by atoms with Gasteiger partial charge in [-0.1, -0.05) is 60.3 Å². The minimum atomic E-state index is -0.124. The van der Waals surface area contributed by atoms with Gasteiger partial charge in [0.1, 0.15) is 4.83 Å². The molecule has 0 spiro atoms. The number of thioether (sulfide) groups is 1. The first-order valence-electron chi connectivity index (χ1n) is 10.4. The lowest BCUT2D eigenvalue weighted by molar-refractivity contribution is -0.132. The zero-order valence-corrected chi connectivity index (χ0v) is 18.9. The topological polar surface area (TPSA) is 64.4 Å². The van der Waals surface area contributed by atoms with Crippen molar-refractivity contribution in [1.29, 1.82) is 0 Å². The van der Waals surface area contributed by atoms with E-state index in [1.165, 1.54) is 23.1 Å². The number of fused-ring (bicyclic) bond motifs is 1. The van der Waals surface area contributed by atoms with Crippen molar-refractivity contribution in [1.82, 2.24) is 14.5 Å². The second-order valence-electron chi connectivity index (χ2n) is 7.35. The smallest absolute Gasteiger partial charge is 0.267 e. The summed E-state index contributed by atoms with van der Waals surface area (Å²) in [5, 5.41) is 1.11. The molecule has 162 valence electrons. The van der Waals surface area contributed by atoms with E-state index in [9.17, 15) is 9.59 Å². The van der Waals surface area contributed by atoms with E-state index in [0.29, 0.717) is 41.7 Å². The molecule has 0 radical (unpaired) electrons. The van der Waals surface area contributed by atoms with Crippen LogP contribution in [0.25, 0.3) is 26.3 Å². The molecular formula is C24H21N3O3S2. The Kier molecular flexibility index (Phi) is 6.07. The number of ether oxygens (including phenoxy) is 1. The summed E-state index contributed by atoms with van der Waals surface area (Å²) in [6.45, 7) is 2.32. The number of morpholine rings is 1. The molecule has 1 amide bonds. The molecule has 1 fully saturated rings. The van der Waals surface area contributed by atoms with E-state index in [-0.39, 0.29) is 17.2 Å². The maximum absolute atomic E-state index is 13.5. The quantitative estimate of drug-likeness (QED) is 0.330. The summed E-state index contributed by atoms with van der Waals surface area (Å²) in [5.74, 6) is 0.255. The number of amides is 1. The number of rotatable bonds is 5. The SMILES string of the molecule is O=C(CSc1nc2sc(-c3ccccc3)cc2c(=O)n1-c1ccccc1)N1CCOCC1. The van der Waals surface area contributed by atoms with E-state index in [4.69, 9.17) is 9.72 Å². The third-order valence-electron chi connectivity index (χ3n) is 5.30. The van der Waals surface area contributed by atoms with Crippen molar-refractivity contribution in [3.05, 3.63) is 77.1 Å². The largest absolute Gasteiger partial charge is 0.378 e. The molecule has 8 heteroatoms. The summed E-state index contributed by atoms with van der Waals surface area (Å²) in [6.07, 6.45) is 0. The molecule has 6 nitrogen and oxygen atoms in total. The molecular weight excluding hydrogens is 442 g/mol. The fraction of sp³-hybridized carbons (Fsp3) is 0.208. The Morgan fingerprint density at radius 1 is 1.03 bits per heavy atom. The van der Waals surface area contributed by atoms with Gasteiger partial charge in [0.25, 0.3) is 5.56 Å². The van der Waals surface area contributed by atoms with E-state index in [0.717, 1.165) is 16.1 Å². The van der Waals surface area contributed by atoms with Crippen LogP contribution < -0.4 is 5.56 Å². The van der Waals surface area contributed by atoms with Gasteiger partial charge in [-0.05, 0) is 23.8 Å². The van der Waals surface area contributed by atoms with Gasteiger partial charge >= 0.3 is 0 Å². The Balaban J connectivity index is 1.55. The van der Waals surface area contributed by atoms with Crippen LogP contribution in [0.5, 0.6) is 0 Å². The standard InChI is InChI=1S/C24H21N3O3S2/c28-21(26-11-13-30-14-12-26)16-31-24-25-22-19(15-20(32-22)17-7-3-1-4-8-17)23(29)27(24)18-9-5-2-6-10-18/h1-10,15H,11-14,16H2. The van der Waals surface area contributed by atoms with Crippen LogP contribution in [0.15, 0.2) is 76.7 Å². The van der Waals surface area contributed by atoms with Crippen LogP contribution in [0.3, 0.4) is 0 Å². The number of hydrogen-bond donors (Lipinski definition) is 0. The number of aromatic nitrogens is 2. The minimum absolute atomic E-state index is 0.0309. The fourth-order valence-electron chi connectivity index (χ4n) is 3.64. The molecule has 0 bridgehead atoms. The molecule has 3 heterocycles. The van der Waals surface area contributed by atoms with Gasteiger partial charge in [0.15, 0.2) is 5.16 Å². The molecule has 1 aliphatic rings. The van der Waals surface area contributed by atoms with Crippen LogP contribution in [-0.2, 0) is 9.53 Å². The van der Waals surface area contributed by atoms with Gasteiger partial charge in [0.2, 0.25) is 5.91 Å². The number of nitrogens with zero attached hydrogens (tertiary/aromatic N) is 3. The highest BCUT2D eigenvalue weighted by atomic mass is 32.2. The molecule has 0 atom stereocenters. The molecule has 4 aromatic rings. The molecule has 2 aromatic carbocycles. The van der Waals surface area contributed by atoms with Crippen LogP contribution in [0.4, 0.5) is 0 Å². The molecule has 2 aromatic heterocycles. The average molecular weight is 464 g/mol. The van der Waals surface area contributed by atoms with E-state index >= 15 is 0 Å². The van der Waals surface area contributed by atoms with Gasteiger partial charge in [0.05, 0.1) is 30.0 Å². The van der Waals surface area contributed by atoms with Crippen molar-refractivity contribution in [2.45, 2.75) is 5.16 Å². The van der Waals surface area contributed by atoms with Crippen molar-refractivity contribution in [2.24, 2.45) is 0 Å². The first kappa shape index (κ1) is 20.9. The van der Waals surface area contributed by atoms with Crippen molar-refractivity contribution in [2.75, 3.05) is 32.1 Å². The minimum Gasteiger partial charge on any atom is -0.378 e. The van der Waals surface area contributed by atoms with E-state index in [1.54, 1.807) is 9.47 Å². The molecule has 0 N–H and O–H groups in total. The number of thiophene rings is 1. The van der Waals surface area contributed by atoms with Gasteiger partial charge < -0.3 is 9.64 Å². The molecule has 0 unspecified atom stereocenters. The summed E-state index contributed by atoms with van der Waals surface area (Å²) in [7, 11) is 0. The molecule has 1 saturated heterocycles. The first-order valence-corrected chi connectivity index (χ1v) is 12.2. The van der Waals surface area contributed by atoms with Gasteiger partial charge in [-0.25, -0.2) is 4.98 Å². The summed E-state index contributed by atoms with van der Waals surface area (Å²) in [5.41, 5.74) is 1.67. The van der Waals surface area contributed by atoms with Gasteiger partial charge in [0, 0.05) is 18.0 Å². The van der Waals surface area contributed by atoms with Gasteiger partial charge in [-0.3, -0.25) is 14.2 Å². The monoisotopic (exact) mass is 463 g/mol. The number of benzene rings is 2. The molecule has 1 aliphatic heterocycles. The molecule has 0 saturated carbocycles. The number of hydrogen-bond acceptors (Lipinski definition) is 6. The van der Waals surface area contributed by atoms with Crippen LogP contribution in [0.2, 0.25) is 0 Å². The highest BCUT2D eigenvalue weighted by Gasteiger charge is 2.20. The van der Waals surface area contributed by atoms with Crippen LogP contribution in [0.1, 0.15) is 0 Å². The molecule has 5 rings (SSSR count). The fourth-order valence-corrected chi connectivity index (χ4v) is 5.63.